The SMILES string of the molecule is Cc1nc(NC2CNC2)ccc1Br. The lowest BCUT2D eigenvalue weighted by molar-refractivity contribution is 0.471. The Labute approximate surface area is 86.1 Å². The van der Waals surface area contributed by atoms with Crippen LogP contribution in [0.5, 0.6) is 0 Å². The standard InChI is InChI=1S/C9H12BrN3/c1-6-8(10)2-3-9(12-6)13-7-4-11-5-7/h2-3,7,11H,4-5H2,1H3,(H,12,13). The predicted molar refractivity (Wildman–Crippen MR) is 57.0 cm³/mol. The maximum atomic E-state index is 4.41. The molecular formula is C9H12BrN3. The van der Waals surface area contributed by atoms with Crippen molar-refractivity contribution < 1.29 is 0 Å². The van der Waals surface area contributed by atoms with Gasteiger partial charge in [0.15, 0.2) is 0 Å². The molecule has 1 aromatic heterocycles. The summed E-state index contributed by atoms with van der Waals surface area (Å²) in [5.74, 6) is 0.965. The van der Waals surface area contributed by atoms with Crippen molar-refractivity contribution in [3.8, 4) is 0 Å². The van der Waals surface area contributed by atoms with Gasteiger partial charge in [-0.1, -0.05) is 0 Å². The molecule has 2 rings (SSSR count). The van der Waals surface area contributed by atoms with Crippen LogP contribution in [0.25, 0.3) is 0 Å². The average molecular weight is 242 g/mol. The lowest BCUT2D eigenvalue weighted by Crippen LogP contribution is -2.51. The monoisotopic (exact) mass is 241 g/mol. The summed E-state index contributed by atoms with van der Waals surface area (Å²) in [4.78, 5) is 4.41. The summed E-state index contributed by atoms with van der Waals surface area (Å²) in [6.07, 6.45) is 0. The second-order valence-corrected chi connectivity index (χ2v) is 4.12. The number of hydrogen-bond donors (Lipinski definition) is 2. The van der Waals surface area contributed by atoms with E-state index in [1.54, 1.807) is 0 Å². The van der Waals surface area contributed by atoms with Gasteiger partial charge in [0.05, 0.1) is 11.7 Å². The molecule has 0 atom stereocenters. The molecular weight excluding hydrogens is 230 g/mol. The van der Waals surface area contributed by atoms with Crippen molar-refractivity contribution in [2.24, 2.45) is 0 Å². The molecule has 0 amide bonds. The van der Waals surface area contributed by atoms with Gasteiger partial charge < -0.3 is 10.6 Å². The second kappa shape index (κ2) is 3.64. The van der Waals surface area contributed by atoms with Crippen LogP contribution in [0.4, 0.5) is 5.82 Å². The van der Waals surface area contributed by atoms with Gasteiger partial charge in [-0.2, -0.15) is 0 Å². The minimum Gasteiger partial charge on any atom is -0.365 e. The second-order valence-electron chi connectivity index (χ2n) is 3.26. The van der Waals surface area contributed by atoms with Gasteiger partial charge in [-0.25, -0.2) is 4.98 Å². The van der Waals surface area contributed by atoms with Gasteiger partial charge in [0, 0.05) is 17.6 Å². The molecule has 1 aliphatic rings. The van der Waals surface area contributed by atoms with Crippen LogP contribution in [-0.4, -0.2) is 24.1 Å². The van der Waals surface area contributed by atoms with Crippen LogP contribution < -0.4 is 10.6 Å². The summed E-state index contributed by atoms with van der Waals surface area (Å²) in [7, 11) is 0. The van der Waals surface area contributed by atoms with Crippen molar-refractivity contribution >= 4 is 21.7 Å². The third-order valence-corrected chi connectivity index (χ3v) is 2.99. The highest BCUT2D eigenvalue weighted by atomic mass is 79.9. The van der Waals surface area contributed by atoms with Crippen LogP contribution in [0.3, 0.4) is 0 Å². The zero-order valence-electron chi connectivity index (χ0n) is 7.47. The van der Waals surface area contributed by atoms with Crippen LogP contribution in [0.15, 0.2) is 16.6 Å². The van der Waals surface area contributed by atoms with Gasteiger partial charge in [0.2, 0.25) is 0 Å². The first-order chi connectivity index (χ1) is 6.25. The summed E-state index contributed by atoms with van der Waals surface area (Å²) in [6, 6.07) is 4.57. The fourth-order valence-electron chi connectivity index (χ4n) is 1.22. The Morgan fingerprint density at radius 2 is 2.31 bits per heavy atom. The van der Waals surface area contributed by atoms with Gasteiger partial charge in [-0.15, -0.1) is 0 Å². The first kappa shape index (κ1) is 8.97. The Balaban J connectivity index is 2.07. The smallest absolute Gasteiger partial charge is 0.126 e. The summed E-state index contributed by atoms with van der Waals surface area (Å²) in [5, 5.41) is 6.56. The van der Waals surface area contributed by atoms with Gasteiger partial charge in [-0.05, 0) is 35.0 Å². The van der Waals surface area contributed by atoms with Crippen molar-refractivity contribution in [3.63, 3.8) is 0 Å². The molecule has 0 unspecified atom stereocenters. The molecule has 13 heavy (non-hydrogen) atoms. The quantitative estimate of drug-likeness (QED) is 0.825. The number of halogens is 1. The number of hydrogen-bond acceptors (Lipinski definition) is 3. The van der Waals surface area contributed by atoms with Gasteiger partial charge in [0.25, 0.3) is 0 Å². The third kappa shape index (κ3) is 2.00. The van der Waals surface area contributed by atoms with Crippen LogP contribution in [0.2, 0.25) is 0 Å². The third-order valence-electron chi connectivity index (χ3n) is 2.15. The maximum Gasteiger partial charge on any atom is 0.126 e. The highest BCUT2D eigenvalue weighted by Gasteiger charge is 2.16. The van der Waals surface area contributed by atoms with Gasteiger partial charge in [-0.3, -0.25) is 0 Å². The number of pyridine rings is 1. The summed E-state index contributed by atoms with van der Waals surface area (Å²) >= 11 is 3.42. The number of nitrogens with one attached hydrogen (secondary N) is 2. The van der Waals surface area contributed by atoms with E-state index in [9.17, 15) is 0 Å². The van der Waals surface area contributed by atoms with E-state index < -0.39 is 0 Å². The zero-order valence-corrected chi connectivity index (χ0v) is 9.06. The highest BCUT2D eigenvalue weighted by Crippen LogP contribution is 2.16. The number of nitrogens with zero attached hydrogens (tertiary/aromatic N) is 1. The van der Waals surface area contributed by atoms with Gasteiger partial charge >= 0.3 is 0 Å². The first-order valence-corrected chi connectivity index (χ1v) is 5.15. The minimum atomic E-state index is 0.549. The lowest BCUT2D eigenvalue weighted by atomic mass is 10.2. The van der Waals surface area contributed by atoms with E-state index >= 15 is 0 Å². The van der Waals surface area contributed by atoms with E-state index in [1.807, 2.05) is 19.1 Å². The molecule has 0 aromatic carbocycles. The van der Waals surface area contributed by atoms with Crippen LogP contribution in [0, 0.1) is 6.92 Å². The molecule has 0 aliphatic carbocycles. The lowest BCUT2D eigenvalue weighted by Gasteiger charge is -2.28. The van der Waals surface area contributed by atoms with Crippen LogP contribution in [-0.2, 0) is 0 Å². The van der Waals surface area contributed by atoms with E-state index in [-0.39, 0.29) is 0 Å². The Bertz CT molecular complexity index is 310. The Kier molecular flexibility index (Phi) is 2.51. The van der Waals surface area contributed by atoms with Crippen molar-refractivity contribution in [1.29, 1.82) is 0 Å². The number of aromatic nitrogens is 1. The molecule has 0 radical (unpaired) electrons. The average Bonchev–Trinajstić information content (AvgIpc) is 2.04. The molecule has 2 N–H and O–H groups in total. The molecule has 1 aromatic rings. The van der Waals surface area contributed by atoms with Crippen LogP contribution in [0.1, 0.15) is 5.69 Å². The molecule has 1 fully saturated rings. The number of rotatable bonds is 2. The molecule has 0 spiro atoms. The van der Waals surface area contributed by atoms with Crippen molar-refractivity contribution in [2.45, 2.75) is 13.0 Å². The Hall–Kier alpha value is -0.610. The van der Waals surface area contributed by atoms with E-state index in [4.69, 9.17) is 0 Å². The molecule has 0 bridgehead atoms. The molecule has 4 heteroatoms. The van der Waals surface area contributed by atoms with E-state index in [2.05, 4.69) is 31.5 Å². The van der Waals surface area contributed by atoms with Crippen molar-refractivity contribution in [1.82, 2.24) is 10.3 Å². The number of aryl methyl sites for hydroxylation is 1. The van der Waals surface area contributed by atoms with E-state index in [0.717, 1.165) is 29.1 Å². The minimum absolute atomic E-state index is 0.549. The van der Waals surface area contributed by atoms with Crippen molar-refractivity contribution in [2.75, 3.05) is 18.4 Å². The predicted octanol–water partition coefficient (Wildman–Crippen LogP) is 1.54. The number of anilines is 1. The normalized spacial score (nSPS) is 16.8. The summed E-state index contributed by atoms with van der Waals surface area (Å²) in [6.45, 7) is 4.07. The zero-order chi connectivity index (χ0) is 9.26. The van der Waals surface area contributed by atoms with Crippen molar-refractivity contribution in [3.05, 3.63) is 22.3 Å². The van der Waals surface area contributed by atoms with Gasteiger partial charge in [0.1, 0.15) is 5.82 Å². The Morgan fingerprint density at radius 1 is 1.54 bits per heavy atom. The molecule has 3 nitrogen and oxygen atoms in total. The van der Waals surface area contributed by atoms with E-state index in [1.165, 1.54) is 0 Å². The fourth-order valence-corrected chi connectivity index (χ4v) is 1.45. The molecule has 1 aliphatic heterocycles. The fraction of sp³-hybridized carbons (Fsp3) is 0.444. The van der Waals surface area contributed by atoms with Crippen LogP contribution >= 0.6 is 15.9 Å². The largest absolute Gasteiger partial charge is 0.365 e. The highest BCUT2D eigenvalue weighted by molar-refractivity contribution is 9.10. The summed E-state index contributed by atoms with van der Waals surface area (Å²) < 4.78 is 1.06. The topological polar surface area (TPSA) is 37.0 Å². The summed E-state index contributed by atoms with van der Waals surface area (Å²) in [5.41, 5.74) is 1.03. The molecule has 1 saturated heterocycles. The molecule has 2 heterocycles. The maximum absolute atomic E-state index is 4.41. The molecule has 70 valence electrons. The molecule has 0 saturated carbocycles. The Morgan fingerprint density at radius 3 is 2.85 bits per heavy atom. The first-order valence-electron chi connectivity index (χ1n) is 4.36. The van der Waals surface area contributed by atoms with E-state index in [0.29, 0.717) is 6.04 Å².